The highest BCUT2D eigenvalue weighted by molar-refractivity contribution is 9.10. The van der Waals surface area contributed by atoms with Crippen LogP contribution < -0.4 is 0 Å². The Hall–Kier alpha value is -2.98. The molecule has 0 fully saturated rings. The Labute approximate surface area is 159 Å². The number of aromatic nitrogens is 1. The summed E-state index contributed by atoms with van der Waals surface area (Å²) in [4.78, 5) is 9.04. The van der Waals surface area contributed by atoms with Crippen LogP contribution in [0.15, 0.2) is 92.8 Å². The van der Waals surface area contributed by atoms with Crippen LogP contribution in [0.4, 0.5) is 5.69 Å². The summed E-state index contributed by atoms with van der Waals surface area (Å²) in [6.45, 7) is 0. The zero-order valence-electron chi connectivity index (χ0n) is 13.8. The van der Waals surface area contributed by atoms with Gasteiger partial charge < -0.3 is 4.42 Å². The molecule has 0 aliphatic carbocycles. The molecule has 0 saturated carbocycles. The van der Waals surface area contributed by atoms with Crippen LogP contribution in [0.25, 0.3) is 28.6 Å². The summed E-state index contributed by atoms with van der Waals surface area (Å²) in [5.41, 5.74) is 4.47. The Morgan fingerprint density at radius 2 is 1.73 bits per heavy atom. The van der Waals surface area contributed by atoms with Crippen molar-refractivity contribution in [1.29, 1.82) is 0 Å². The molecule has 0 bridgehead atoms. The van der Waals surface area contributed by atoms with E-state index in [9.17, 15) is 0 Å². The Morgan fingerprint density at radius 1 is 0.923 bits per heavy atom. The van der Waals surface area contributed by atoms with Gasteiger partial charge in [0, 0.05) is 16.3 Å². The van der Waals surface area contributed by atoms with Crippen molar-refractivity contribution in [3.8, 4) is 11.5 Å². The normalized spacial score (nSPS) is 11.7. The maximum atomic E-state index is 5.84. The van der Waals surface area contributed by atoms with E-state index in [0.29, 0.717) is 5.89 Å². The molecule has 0 atom stereocenters. The van der Waals surface area contributed by atoms with Crippen LogP contribution in [0.2, 0.25) is 0 Å². The van der Waals surface area contributed by atoms with E-state index in [1.807, 2.05) is 72.8 Å². The van der Waals surface area contributed by atoms with Gasteiger partial charge in [-0.3, -0.25) is 4.99 Å². The quantitative estimate of drug-likeness (QED) is 0.357. The second kappa shape index (κ2) is 7.50. The lowest BCUT2D eigenvalue weighted by molar-refractivity contribution is 0.620. The molecular weight excluding hydrogens is 388 g/mol. The highest BCUT2D eigenvalue weighted by Gasteiger charge is 2.08. The van der Waals surface area contributed by atoms with Crippen molar-refractivity contribution in [2.24, 2.45) is 4.99 Å². The summed E-state index contributed by atoms with van der Waals surface area (Å²) < 4.78 is 6.87. The van der Waals surface area contributed by atoms with Gasteiger partial charge in [-0.25, -0.2) is 4.98 Å². The lowest BCUT2D eigenvalue weighted by atomic mass is 10.2. The van der Waals surface area contributed by atoms with Gasteiger partial charge in [-0.05, 0) is 54.1 Å². The molecule has 0 amide bonds. The van der Waals surface area contributed by atoms with Crippen LogP contribution in [-0.2, 0) is 0 Å². The van der Waals surface area contributed by atoms with Gasteiger partial charge in [-0.2, -0.15) is 0 Å². The first-order valence-electron chi connectivity index (χ1n) is 8.20. The minimum absolute atomic E-state index is 0.609. The number of hydrogen-bond donors (Lipinski definition) is 0. The Bertz CT molecular complexity index is 1080. The zero-order chi connectivity index (χ0) is 17.8. The van der Waals surface area contributed by atoms with Gasteiger partial charge in [0.1, 0.15) is 5.52 Å². The van der Waals surface area contributed by atoms with E-state index in [2.05, 4.69) is 38.0 Å². The van der Waals surface area contributed by atoms with Gasteiger partial charge in [-0.1, -0.05) is 52.3 Å². The lowest BCUT2D eigenvalue weighted by Crippen LogP contribution is -1.76. The molecule has 4 heteroatoms. The van der Waals surface area contributed by atoms with Crippen LogP contribution >= 0.6 is 15.9 Å². The molecular formula is C22H15BrN2O. The van der Waals surface area contributed by atoms with Gasteiger partial charge in [0.05, 0.1) is 5.69 Å². The fourth-order valence-electron chi connectivity index (χ4n) is 2.56. The molecule has 1 heterocycles. The largest absolute Gasteiger partial charge is 0.436 e. The third kappa shape index (κ3) is 3.81. The van der Waals surface area contributed by atoms with Crippen molar-refractivity contribution >= 4 is 45.0 Å². The third-order valence-corrected chi connectivity index (χ3v) is 4.39. The molecule has 0 spiro atoms. The average Bonchev–Trinajstić information content (AvgIpc) is 3.10. The summed E-state index contributed by atoms with van der Waals surface area (Å²) in [7, 11) is 0. The number of rotatable bonds is 4. The fraction of sp³-hybridized carbons (Fsp3) is 0. The molecule has 1 aromatic heterocycles. The second-order valence-electron chi connectivity index (χ2n) is 5.73. The highest BCUT2D eigenvalue weighted by Crippen LogP contribution is 2.27. The standard InChI is InChI=1S/C22H15BrN2O/c23-18-10-8-17(9-11-18)22-25-20-15-19(12-13-21(20)26-22)24-14-4-7-16-5-2-1-3-6-16/h1-15H/b7-4+,24-14?. The van der Waals surface area contributed by atoms with Crippen LogP contribution in [0.5, 0.6) is 0 Å². The number of oxazole rings is 1. The molecule has 3 nitrogen and oxygen atoms in total. The Balaban J connectivity index is 1.55. The molecule has 4 rings (SSSR count). The smallest absolute Gasteiger partial charge is 0.227 e. The molecule has 0 radical (unpaired) electrons. The first-order valence-corrected chi connectivity index (χ1v) is 8.99. The van der Waals surface area contributed by atoms with E-state index >= 15 is 0 Å². The minimum Gasteiger partial charge on any atom is -0.436 e. The third-order valence-electron chi connectivity index (χ3n) is 3.86. The van der Waals surface area contributed by atoms with Crippen LogP contribution in [0, 0.1) is 0 Å². The van der Waals surface area contributed by atoms with Gasteiger partial charge in [-0.15, -0.1) is 0 Å². The SMILES string of the molecule is Brc1ccc(-c2nc3cc(N=C/C=C/c4ccccc4)ccc3o2)cc1. The van der Waals surface area contributed by atoms with Crippen molar-refractivity contribution < 1.29 is 4.42 Å². The molecule has 26 heavy (non-hydrogen) atoms. The van der Waals surface area contributed by atoms with Crippen molar-refractivity contribution in [2.45, 2.75) is 0 Å². The van der Waals surface area contributed by atoms with Gasteiger partial charge in [0.25, 0.3) is 0 Å². The van der Waals surface area contributed by atoms with Crippen molar-refractivity contribution in [3.63, 3.8) is 0 Å². The number of aliphatic imine (C=N–C) groups is 1. The molecule has 4 aromatic rings. The monoisotopic (exact) mass is 402 g/mol. The predicted octanol–water partition coefficient (Wildman–Crippen LogP) is 6.67. The van der Waals surface area contributed by atoms with E-state index < -0.39 is 0 Å². The molecule has 0 unspecified atom stereocenters. The maximum absolute atomic E-state index is 5.84. The van der Waals surface area contributed by atoms with E-state index in [1.54, 1.807) is 6.21 Å². The zero-order valence-corrected chi connectivity index (χ0v) is 15.4. The van der Waals surface area contributed by atoms with Gasteiger partial charge in [0.2, 0.25) is 5.89 Å². The maximum Gasteiger partial charge on any atom is 0.227 e. The van der Waals surface area contributed by atoms with Crippen molar-refractivity contribution in [2.75, 3.05) is 0 Å². The first-order chi connectivity index (χ1) is 12.8. The van der Waals surface area contributed by atoms with Crippen molar-refractivity contribution in [1.82, 2.24) is 4.98 Å². The summed E-state index contributed by atoms with van der Waals surface area (Å²) in [5, 5.41) is 0. The number of hydrogen-bond acceptors (Lipinski definition) is 3. The van der Waals surface area contributed by atoms with Gasteiger partial charge in [0.15, 0.2) is 5.58 Å². The molecule has 126 valence electrons. The summed E-state index contributed by atoms with van der Waals surface area (Å²) in [6, 6.07) is 23.8. The Morgan fingerprint density at radius 3 is 2.54 bits per heavy atom. The van der Waals surface area contributed by atoms with Crippen LogP contribution in [-0.4, -0.2) is 11.2 Å². The first kappa shape index (κ1) is 16.5. The van der Waals surface area contributed by atoms with E-state index in [0.717, 1.165) is 32.4 Å². The predicted molar refractivity (Wildman–Crippen MR) is 111 cm³/mol. The average molecular weight is 403 g/mol. The Kier molecular flexibility index (Phi) is 4.75. The molecule has 0 saturated heterocycles. The van der Waals surface area contributed by atoms with Crippen LogP contribution in [0.3, 0.4) is 0 Å². The van der Waals surface area contributed by atoms with Crippen molar-refractivity contribution in [3.05, 3.63) is 88.9 Å². The molecule has 0 aliphatic rings. The number of fused-ring (bicyclic) bond motifs is 1. The summed E-state index contributed by atoms with van der Waals surface area (Å²) >= 11 is 3.43. The second-order valence-corrected chi connectivity index (χ2v) is 6.64. The summed E-state index contributed by atoms with van der Waals surface area (Å²) in [5.74, 6) is 0.609. The molecule has 0 aliphatic heterocycles. The summed E-state index contributed by atoms with van der Waals surface area (Å²) in [6.07, 6.45) is 5.73. The number of nitrogens with zero attached hydrogens (tertiary/aromatic N) is 2. The number of benzene rings is 3. The minimum atomic E-state index is 0.609. The van der Waals surface area contributed by atoms with Crippen LogP contribution in [0.1, 0.15) is 5.56 Å². The topological polar surface area (TPSA) is 38.4 Å². The van der Waals surface area contributed by atoms with E-state index in [-0.39, 0.29) is 0 Å². The number of halogens is 1. The van der Waals surface area contributed by atoms with E-state index in [1.165, 1.54) is 0 Å². The number of allylic oxidation sites excluding steroid dienone is 1. The van der Waals surface area contributed by atoms with Gasteiger partial charge >= 0.3 is 0 Å². The lowest BCUT2D eigenvalue weighted by Gasteiger charge is -1.94. The molecule has 0 N–H and O–H groups in total. The molecule has 3 aromatic carbocycles. The fourth-order valence-corrected chi connectivity index (χ4v) is 2.82. The highest BCUT2D eigenvalue weighted by atomic mass is 79.9. The van der Waals surface area contributed by atoms with E-state index in [4.69, 9.17) is 4.42 Å².